The Morgan fingerprint density at radius 1 is 0.944 bits per heavy atom. The molecule has 3 aliphatic rings. The van der Waals surface area contributed by atoms with Gasteiger partial charge in [-0.2, -0.15) is 0 Å². The highest BCUT2D eigenvalue weighted by Gasteiger charge is 2.64. The maximum Gasteiger partial charge on any atom is 0.240 e. The molecule has 3 aromatic rings. The Labute approximate surface area is 221 Å². The van der Waals surface area contributed by atoms with Crippen LogP contribution < -0.4 is 14.5 Å². The zero-order valence-corrected chi connectivity index (χ0v) is 21.4. The first-order valence-corrected chi connectivity index (χ1v) is 12.6. The molecule has 36 heavy (non-hydrogen) atoms. The molecule has 0 spiro atoms. The van der Waals surface area contributed by atoms with Crippen LogP contribution in [0.5, 0.6) is 5.75 Å². The molecule has 3 heterocycles. The van der Waals surface area contributed by atoms with Gasteiger partial charge in [-0.1, -0.05) is 51.8 Å². The fraction of sp³-hybridized carbons (Fsp3) is 0.179. The summed E-state index contributed by atoms with van der Waals surface area (Å²) in [7, 11) is 1.55. The van der Waals surface area contributed by atoms with E-state index < -0.39 is 23.9 Å². The van der Waals surface area contributed by atoms with Gasteiger partial charge in [-0.3, -0.25) is 14.4 Å². The zero-order chi connectivity index (χ0) is 25.1. The average molecular weight is 564 g/mol. The van der Waals surface area contributed by atoms with E-state index in [0.717, 1.165) is 15.7 Å². The third-order valence-corrected chi connectivity index (χ3v) is 7.96. The number of ether oxygens (including phenoxy) is 1. The molecule has 0 N–H and O–H groups in total. The van der Waals surface area contributed by atoms with E-state index in [1.807, 2.05) is 29.2 Å². The molecule has 3 aliphatic heterocycles. The topological polar surface area (TPSA) is 66.9 Å². The molecule has 0 unspecified atom stereocenters. The van der Waals surface area contributed by atoms with E-state index in [1.165, 1.54) is 4.90 Å². The lowest BCUT2D eigenvalue weighted by Gasteiger charge is -2.36. The molecule has 180 valence electrons. The van der Waals surface area contributed by atoms with Gasteiger partial charge >= 0.3 is 0 Å². The average Bonchev–Trinajstić information content (AvgIpc) is 3.36. The van der Waals surface area contributed by atoms with Crippen LogP contribution in [-0.4, -0.2) is 36.8 Å². The number of imide groups is 1. The molecule has 0 radical (unpaired) electrons. The second-order valence-electron chi connectivity index (χ2n) is 9.04. The molecule has 2 fully saturated rings. The van der Waals surface area contributed by atoms with Crippen LogP contribution in [0.15, 0.2) is 77.3 Å². The number of rotatable bonds is 4. The summed E-state index contributed by atoms with van der Waals surface area (Å²) in [6.07, 6.45) is 3.83. The lowest BCUT2D eigenvalue weighted by Crippen LogP contribution is -2.48. The molecule has 6 nitrogen and oxygen atoms in total. The van der Waals surface area contributed by atoms with Gasteiger partial charge in [0.05, 0.1) is 30.7 Å². The summed E-state index contributed by atoms with van der Waals surface area (Å²) in [6, 6.07) is 18.0. The van der Waals surface area contributed by atoms with Gasteiger partial charge in [0.25, 0.3) is 0 Å². The summed E-state index contributed by atoms with van der Waals surface area (Å²) in [4.78, 5) is 44.9. The standard InChI is InChI=1S/C28H20BrClN2O4/c1-36-20-10-8-19(9-11-20)31-27(34)23-22-12-4-16-14-18(30)7-13-21(16)32(22)25(24(23)28(31)35)26(33)15-2-5-17(29)6-3-15/h2-14,22-25H,1H3/t22-,23-,24-,25+/m1/s1. The zero-order valence-electron chi connectivity index (χ0n) is 19.1. The highest BCUT2D eigenvalue weighted by Crippen LogP contribution is 2.50. The predicted octanol–water partition coefficient (Wildman–Crippen LogP) is 5.38. The van der Waals surface area contributed by atoms with Crippen molar-refractivity contribution in [3.8, 4) is 5.75 Å². The van der Waals surface area contributed by atoms with Crippen molar-refractivity contribution in [2.75, 3.05) is 16.9 Å². The molecule has 0 aliphatic carbocycles. The molecular formula is C28H20BrClN2O4. The fourth-order valence-corrected chi connectivity index (χ4v) is 6.06. The predicted molar refractivity (Wildman–Crippen MR) is 141 cm³/mol. The normalized spacial score (nSPS) is 24.0. The number of amides is 2. The van der Waals surface area contributed by atoms with Crippen molar-refractivity contribution in [2.24, 2.45) is 11.8 Å². The minimum atomic E-state index is -0.842. The van der Waals surface area contributed by atoms with Crippen LogP contribution in [0.25, 0.3) is 6.08 Å². The summed E-state index contributed by atoms with van der Waals surface area (Å²) < 4.78 is 6.06. The van der Waals surface area contributed by atoms with Crippen molar-refractivity contribution in [1.82, 2.24) is 0 Å². The highest BCUT2D eigenvalue weighted by atomic mass is 79.9. The Hall–Kier alpha value is -3.42. The molecule has 6 rings (SSSR count). The number of anilines is 2. The van der Waals surface area contributed by atoms with Crippen molar-refractivity contribution in [1.29, 1.82) is 0 Å². The third-order valence-electron chi connectivity index (χ3n) is 7.20. The second kappa shape index (κ2) is 8.61. The van der Waals surface area contributed by atoms with Gasteiger partial charge in [-0.25, -0.2) is 4.90 Å². The first-order valence-electron chi connectivity index (χ1n) is 11.5. The van der Waals surface area contributed by atoms with Gasteiger partial charge in [0, 0.05) is 20.7 Å². The molecule has 0 saturated carbocycles. The smallest absolute Gasteiger partial charge is 0.240 e. The van der Waals surface area contributed by atoms with Gasteiger partial charge in [-0.05, 0) is 60.2 Å². The van der Waals surface area contributed by atoms with Gasteiger partial charge in [-0.15, -0.1) is 0 Å². The van der Waals surface area contributed by atoms with E-state index in [-0.39, 0.29) is 17.6 Å². The number of halogens is 2. The van der Waals surface area contributed by atoms with E-state index >= 15 is 0 Å². The Kier molecular flexibility index (Phi) is 5.50. The van der Waals surface area contributed by atoms with Crippen molar-refractivity contribution in [2.45, 2.75) is 12.1 Å². The summed E-state index contributed by atoms with van der Waals surface area (Å²) in [5, 5.41) is 0.574. The number of fused-ring (bicyclic) bond motifs is 5. The lowest BCUT2D eigenvalue weighted by molar-refractivity contribution is -0.122. The number of methoxy groups -OCH3 is 1. The van der Waals surface area contributed by atoms with Gasteiger partial charge in [0.2, 0.25) is 11.8 Å². The molecular weight excluding hydrogens is 544 g/mol. The Bertz CT molecular complexity index is 1440. The molecule has 0 bridgehead atoms. The minimum Gasteiger partial charge on any atom is -0.497 e. The summed E-state index contributed by atoms with van der Waals surface area (Å²) >= 11 is 9.64. The molecule has 2 amide bonds. The van der Waals surface area contributed by atoms with Crippen LogP contribution in [0, 0.1) is 11.8 Å². The molecule has 3 aromatic carbocycles. The Morgan fingerprint density at radius 2 is 1.64 bits per heavy atom. The van der Waals surface area contributed by atoms with Crippen molar-refractivity contribution in [3.05, 3.63) is 93.4 Å². The van der Waals surface area contributed by atoms with E-state index in [4.69, 9.17) is 16.3 Å². The molecule has 0 aromatic heterocycles. The summed E-state index contributed by atoms with van der Waals surface area (Å²) in [5.41, 5.74) is 2.58. The van der Waals surface area contributed by atoms with Crippen molar-refractivity contribution < 1.29 is 19.1 Å². The largest absolute Gasteiger partial charge is 0.497 e. The number of nitrogens with zero attached hydrogens (tertiary/aromatic N) is 2. The monoisotopic (exact) mass is 562 g/mol. The van der Waals surface area contributed by atoms with E-state index in [9.17, 15) is 14.4 Å². The summed E-state index contributed by atoms with van der Waals surface area (Å²) in [5.74, 6) is -1.77. The number of hydrogen-bond acceptors (Lipinski definition) is 5. The molecule has 8 heteroatoms. The van der Waals surface area contributed by atoms with Crippen LogP contribution >= 0.6 is 27.5 Å². The number of hydrogen-bond donors (Lipinski definition) is 0. The first-order chi connectivity index (χ1) is 17.4. The third kappa shape index (κ3) is 3.41. The quantitative estimate of drug-likeness (QED) is 0.315. The van der Waals surface area contributed by atoms with Crippen molar-refractivity contribution in [3.63, 3.8) is 0 Å². The van der Waals surface area contributed by atoms with E-state index in [1.54, 1.807) is 61.7 Å². The number of benzene rings is 3. The van der Waals surface area contributed by atoms with Crippen LogP contribution in [0.1, 0.15) is 15.9 Å². The van der Waals surface area contributed by atoms with E-state index in [0.29, 0.717) is 22.0 Å². The van der Waals surface area contributed by atoms with Gasteiger partial charge < -0.3 is 9.64 Å². The molecule has 2 saturated heterocycles. The number of carbonyl (C=O) groups is 3. The van der Waals surface area contributed by atoms with Crippen LogP contribution in [-0.2, 0) is 9.59 Å². The Morgan fingerprint density at radius 3 is 2.33 bits per heavy atom. The number of carbonyl (C=O) groups excluding carboxylic acids is 3. The van der Waals surface area contributed by atoms with Crippen molar-refractivity contribution >= 4 is 62.6 Å². The first kappa shape index (κ1) is 23.0. The summed E-state index contributed by atoms with van der Waals surface area (Å²) in [6.45, 7) is 0. The Balaban J connectivity index is 1.47. The van der Waals surface area contributed by atoms with Gasteiger partial charge in [0.15, 0.2) is 5.78 Å². The van der Waals surface area contributed by atoms with Crippen LogP contribution in [0.4, 0.5) is 11.4 Å². The van der Waals surface area contributed by atoms with Crippen LogP contribution in [0.2, 0.25) is 5.02 Å². The van der Waals surface area contributed by atoms with Gasteiger partial charge in [0.1, 0.15) is 11.8 Å². The number of Topliss-reactive ketones (excluding diaryl/α,β-unsaturated/α-hetero) is 1. The maximum absolute atomic E-state index is 14.0. The molecule has 4 atom stereocenters. The SMILES string of the molecule is COc1ccc(N2C(=O)[C@@H]3[C@H](C2=O)[C@H]2C=Cc4cc(Cl)ccc4N2[C@@H]3C(=O)c2ccc(Br)cc2)cc1. The highest BCUT2D eigenvalue weighted by molar-refractivity contribution is 9.10. The van der Waals surface area contributed by atoms with E-state index in [2.05, 4.69) is 15.9 Å². The van der Waals surface area contributed by atoms with Crippen LogP contribution in [0.3, 0.4) is 0 Å². The minimum absolute atomic E-state index is 0.200. The second-order valence-corrected chi connectivity index (χ2v) is 10.4. The number of ketones is 1. The fourth-order valence-electron chi connectivity index (χ4n) is 5.61. The lowest BCUT2D eigenvalue weighted by atomic mass is 9.86. The maximum atomic E-state index is 14.0.